The largest absolute Gasteiger partial charge is 0.498 e. The van der Waals surface area contributed by atoms with Crippen molar-refractivity contribution in [2.45, 2.75) is 57.8 Å². The molecule has 5 nitrogen and oxygen atoms in total. The van der Waals surface area contributed by atoms with E-state index in [1.807, 2.05) is 18.0 Å². The fourth-order valence-electron chi connectivity index (χ4n) is 2.60. The van der Waals surface area contributed by atoms with Crippen LogP contribution in [0.1, 0.15) is 46.6 Å². The molecule has 124 valence electrons. The lowest BCUT2D eigenvalue weighted by atomic mass is 9.82. The van der Waals surface area contributed by atoms with Gasteiger partial charge in [-0.1, -0.05) is 0 Å². The van der Waals surface area contributed by atoms with Crippen molar-refractivity contribution in [2.75, 3.05) is 18.6 Å². The maximum atomic E-state index is 6.07. The van der Waals surface area contributed by atoms with E-state index in [0.717, 1.165) is 5.46 Å². The summed E-state index contributed by atoms with van der Waals surface area (Å²) in [7, 11) is 1.20. The molecule has 2 saturated heterocycles. The second-order valence-corrected chi connectivity index (χ2v) is 7.91. The van der Waals surface area contributed by atoms with Crippen molar-refractivity contribution in [1.82, 2.24) is 9.78 Å². The summed E-state index contributed by atoms with van der Waals surface area (Å²) in [5.41, 5.74) is 4.95. The van der Waals surface area contributed by atoms with E-state index in [4.69, 9.17) is 9.31 Å². The molecule has 2 fully saturated rings. The van der Waals surface area contributed by atoms with Crippen LogP contribution in [0.4, 0.5) is 0 Å². The van der Waals surface area contributed by atoms with E-state index < -0.39 is 0 Å². The molecule has 0 radical (unpaired) electrons. The first-order valence-corrected chi connectivity index (χ1v) is 9.10. The predicted octanol–water partition coefficient (Wildman–Crippen LogP) is 1.83. The first kappa shape index (κ1) is 17.9. The first-order chi connectivity index (χ1) is 10.4. The molecular formula is C15H28BN3O2S. The Hall–Kier alpha value is -0.495. The van der Waals surface area contributed by atoms with E-state index in [-0.39, 0.29) is 18.3 Å². The Morgan fingerprint density at radius 1 is 1.18 bits per heavy atom. The van der Waals surface area contributed by atoms with Gasteiger partial charge in [0.25, 0.3) is 0 Å². The van der Waals surface area contributed by atoms with E-state index in [1.54, 1.807) is 0 Å². The van der Waals surface area contributed by atoms with E-state index >= 15 is 0 Å². The summed E-state index contributed by atoms with van der Waals surface area (Å²) < 4.78 is 14.2. The zero-order valence-electron chi connectivity index (χ0n) is 14.3. The fraction of sp³-hybridized carbons (Fsp3) is 0.800. The van der Waals surface area contributed by atoms with Gasteiger partial charge in [-0.3, -0.25) is 4.68 Å². The van der Waals surface area contributed by atoms with Crippen molar-refractivity contribution in [3.63, 3.8) is 0 Å². The maximum Gasteiger partial charge on any atom is 0.498 e. The second-order valence-electron chi connectivity index (χ2n) is 6.69. The molecule has 1 aromatic heterocycles. The molecule has 0 aromatic carbocycles. The van der Waals surface area contributed by atoms with Gasteiger partial charge in [0.1, 0.15) is 0 Å². The topological polar surface area (TPSA) is 62.3 Å². The standard InChI is InChI=1S/C14H23BN2O2S.CH5N/c1-13(2)14(3,4)19-15(18-13)11-9-16-17(10-11)12-5-7-20-8-6-12;1-2/h9-10,12H,5-8H2,1-4H3;2H2,1H3. The third-order valence-electron chi connectivity index (χ3n) is 4.71. The molecule has 2 N–H and O–H groups in total. The molecule has 0 amide bonds. The lowest BCUT2D eigenvalue weighted by Crippen LogP contribution is -2.41. The van der Waals surface area contributed by atoms with Gasteiger partial charge in [0, 0.05) is 17.9 Å². The summed E-state index contributed by atoms with van der Waals surface area (Å²) in [6.45, 7) is 8.32. The molecule has 3 heterocycles. The first-order valence-electron chi connectivity index (χ1n) is 7.94. The van der Waals surface area contributed by atoms with E-state index in [9.17, 15) is 0 Å². The van der Waals surface area contributed by atoms with Crippen molar-refractivity contribution in [2.24, 2.45) is 5.73 Å². The van der Waals surface area contributed by atoms with Gasteiger partial charge in [-0.05, 0) is 59.1 Å². The smallest absolute Gasteiger partial charge is 0.399 e. The molecule has 0 atom stereocenters. The Morgan fingerprint density at radius 3 is 2.27 bits per heavy atom. The molecule has 0 bridgehead atoms. The highest BCUT2D eigenvalue weighted by Gasteiger charge is 2.52. The Morgan fingerprint density at radius 2 is 1.73 bits per heavy atom. The number of hydrogen-bond donors (Lipinski definition) is 1. The number of rotatable bonds is 2. The maximum absolute atomic E-state index is 6.07. The van der Waals surface area contributed by atoms with Gasteiger partial charge in [-0.25, -0.2) is 0 Å². The fourth-order valence-corrected chi connectivity index (χ4v) is 3.68. The monoisotopic (exact) mass is 325 g/mol. The Kier molecular flexibility index (Phi) is 5.64. The van der Waals surface area contributed by atoms with Crippen LogP contribution in [-0.2, 0) is 9.31 Å². The second kappa shape index (κ2) is 6.95. The van der Waals surface area contributed by atoms with E-state index in [1.165, 1.54) is 31.4 Å². The Labute approximate surface area is 138 Å². The van der Waals surface area contributed by atoms with Gasteiger partial charge in [0.15, 0.2) is 0 Å². The molecule has 7 heteroatoms. The number of nitrogens with zero attached hydrogens (tertiary/aromatic N) is 2. The molecule has 0 saturated carbocycles. The molecule has 1 aromatic rings. The van der Waals surface area contributed by atoms with Crippen molar-refractivity contribution in [1.29, 1.82) is 0 Å². The minimum atomic E-state index is -0.299. The minimum Gasteiger partial charge on any atom is -0.399 e. The average Bonchev–Trinajstić information content (AvgIpc) is 3.06. The van der Waals surface area contributed by atoms with Crippen LogP contribution in [0, 0.1) is 0 Å². The number of aromatic nitrogens is 2. The lowest BCUT2D eigenvalue weighted by molar-refractivity contribution is 0.00578. The van der Waals surface area contributed by atoms with Crippen molar-refractivity contribution in [3.05, 3.63) is 12.4 Å². The zero-order valence-corrected chi connectivity index (χ0v) is 15.2. The molecule has 2 aliphatic rings. The van der Waals surface area contributed by atoms with Gasteiger partial charge in [-0.2, -0.15) is 16.9 Å². The molecule has 0 aliphatic carbocycles. The summed E-state index contributed by atoms with van der Waals surface area (Å²) in [6, 6.07) is 0.535. The molecular weight excluding hydrogens is 297 g/mol. The Bertz CT molecular complexity index is 471. The van der Waals surface area contributed by atoms with Crippen LogP contribution in [0.15, 0.2) is 12.4 Å². The number of hydrogen-bond acceptors (Lipinski definition) is 5. The third kappa shape index (κ3) is 3.53. The van der Waals surface area contributed by atoms with Crippen LogP contribution in [0.3, 0.4) is 0 Å². The van der Waals surface area contributed by atoms with Crippen LogP contribution in [0.5, 0.6) is 0 Å². The van der Waals surface area contributed by atoms with Gasteiger partial charge < -0.3 is 15.0 Å². The van der Waals surface area contributed by atoms with E-state index in [2.05, 4.69) is 49.4 Å². The molecule has 0 spiro atoms. The van der Waals surface area contributed by atoms with Crippen LogP contribution >= 0.6 is 11.8 Å². The van der Waals surface area contributed by atoms with Gasteiger partial charge >= 0.3 is 7.12 Å². The van der Waals surface area contributed by atoms with Crippen molar-refractivity contribution in [3.8, 4) is 0 Å². The molecule has 22 heavy (non-hydrogen) atoms. The normalized spacial score (nSPS) is 24.0. The van der Waals surface area contributed by atoms with Crippen LogP contribution in [0.25, 0.3) is 0 Å². The summed E-state index contributed by atoms with van der Waals surface area (Å²) >= 11 is 2.03. The Balaban J connectivity index is 0.000000847. The average molecular weight is 325 g/mol. The molecule has 2 aliphatic heterocycles. The van der Waals surface area contributed by atoms with Crippen LogP contribution in [0.2, 0.25) is 0 Å². The van der Waals surface area contributed by atoms with Crippen molar-refractivity contribution >= 4 is 24.3 Å². The van der Waals surface area contributed by atoms with E-state index in [0.29, 0.717) is 6.04 Å². The van der Waals surface area contributed by atoms with Gasteiger partial charge in [-0.15, -0.1) is 0 Å². The highest BCUT2D eigenvalue weighted by Crippen LogP contribution is 2.36. The summed E-state index contributed by atoms with van der Waals surface area (Å²) in [5, 5.41) is 4.53. The minimum absolute atomic E-state index is 0.290. The number of nitrogens with two attached hydrogens (primary N) is 1. The van der Waals surface area contributed by atoms with Crippen LogP contribution < -0.4 is 11.2 Å². The highest BCUT2D eigenvalue weighted by molar-refractivity contribution is 7.99. The molecule has 0 unspecified atom stereocenters. The SMILES string of the molecule is CC1(C)OB(c2cnn(C3CCSCC3)c2)OC1(C)C.CN. The zero-order chi connectivity index (χ0) is 16.4. The molecule has 3 rings (SSSR count). The third-order valence-corrected chi connectivity index (χ3v) is 5.76. The van der Waals surface area contributed by atoms with Crippen LogP contribution in [-0.4, -0.2) is 46.7 Å². The summed E-state index contributed by atoms with van der Waals surface area (Å²) in [4.78, 5) is 0. The highest BCUT2D eigenvalue weighted by atomic mass is 32.2. The van der Waals surface area contributed by atoms with Gasteiger partial charge in [0.05, 0.1) is 17.2 Å². The quantitative estimate of drug-likeness (QED) is 0.841. The number of thioether (sulfide) groups is 1. The van der Waals surface area contributed by atoms with Crippen molar-refractivity contribution < 1.29 is 9.31 Å². The summed E-state index contributed by atoms with van der Waals surface area (Å²) in [5.74, 6) is 2.46. The lowest BCUT2D eigenvalue weighted by Gasteiger charge is -2.32. The predicted molar refractivity (Wildman–Crippen MR) is 93.7 cm³/mol. The van der Waals surface area contributed by atoms with Gasteiger partial charge in [0.2, 0.25) is 0 Å². The summed E-state index contributed by atoms with van der Waals surface area (Å²) in [6.07, 6.45) is 6.40.